The zero-order valence-corrected chi connectivity index (χ0v) is 14.8. The smallest absolute Gasteiger partial charge is 0.148 e. The monoisotopic (exact) mass is 324 g/mol. The van der Waals surface area contributed by atoms with Gasteiger partial charge in [0.2, 0.25) is 0 Å². The van der Waals surface area contributed by atoms with E-state index >= 15 is 0 Å². The van der Waals surface area contributed by atoms with Gasteiger partial charge in [0.1, 0.15) is 18.2 Å². The molecule has 0 fully saturated rings. The van der Waals surface area contributed by atoms with E-state index in [2.05, 4.69) is 30.5 Å². The molecule has 1 aromatic heterocycles. The summed E-state index contributed by atoms with van der Waals surface area (Å²) in [6.07, 6.45) is 0. The molecule has 4 heteroatoms. The van der Waals surface area contributed by atoms with Gasteiger partial charge in [-0.15, -0.1) is 0 Å². The van der Waals surface area contributed by atoms with Crippen LogP contribution in [-0.4, -0.2) is 21.3 Å². The van der Waals surface area contributed by atoms with E-state index in [1.54, 1.807) is 0 Å². The number of aromatic nitrogens is 2. The molecular formula is C20H24N2O2. The number of imidazole rings is 1. The number of ether oxygens (including phenoxy) is 1. The summed E-state index contributed by atoms with van der Waals surface area (Å²) >= 11 is 0. The lowest BCUT2D eigenvalue weighted by molar-refractivity contribution is 0.259. The molecule has 0 aliphatic heterocycles. The first-order chi connectivity index (χ1) is 11.5. The second kappa shape index (κ2) is 6.65. The summed E-state index contributed by atoms with van der Waals surface area (Å²) in [5.74, 6) is 1.75. The van der Waals surface area contributed by atoms with Gasteiger partial charge in [-0.25, -0.2) is 4.98 Å². The van der Waals surface area contributed by atoms with E-state index in [-0.39, 0.29) is 6.61 Å². The molecule has 0 unspecified atom stereocenters. The number of aryl methyl sites for hydroxylation is 4. The first-order valence-electron chi connectivity index (χ1n) is 8.27. The maximum atomic E-state index is 9.43. The van der Waals surface area contributed by atoms with E-state index in [1.807, 2.05) is 32.0 Å². The van der Waals surface area contributed by atoms with Crippen molar-refractivity contribution in [3.63, 3.8) is 0 Å². The summed E-state index contributed by atoms with van der Waals surface area (Å²) in [6, 6.07) is 10.4. The number of nitrogens with zero attached hydrogens (tertiary/aromatic N) is 2. The normalized spacial score (nSPS) is 11.2. The van der Waals surface area contributed by atoms with Crippen LogP contribution in [0.1, 0.15) is 28.1 Å². The molecule has 0 spiro atoms. The van der Waals surface area contributed by atoms with E-state index in [1.165, 1.54) is 11.1 Å². The Labute approximate surface area is 142 Å². The van der Waals surface area contributed by atoms with Gasteiger partial charge < -0.3 is 14.4 Å². The summed E-state index contributed by atoms with van der Waals surface area (Å²) < 4.78 is 8.12. The van der Waals surface area contributed by atoms with Crippen LogP contribution in [0.15, 0.2) is 30.3 Å². The van der Waals surface area contributed by atoms with Crippen LogP contribution in [0, 0.1) is 27.7 Å². The van der Waals surface area contributed by atoms with Gasteiger partial charge in [0, 0.05) is 6.54 Å². The minimum absolute atomic E-state index is 0.0782. The van der Waals surface area contributed by atoms with Gasteiger partial charge in [-0.3, -0.25) is 0 Å². The number of benzene rings is 2. The molecule has 0 radical (unpaired) electrons. The zero-order valence-electron chi connectivity index (χ0n) is 14.8. The van der Waals surface area contributed by atoms with Crippen molar-refractivity contribution in [3.8, 4) is 5.75 Å². The van der Waals surface area contributed by atoms with Crippen molar-refractivity contribution in [1.82, 2.24) is 9.55 Å². The van der Waals surface area contributed by atoms with Gasteiger partial charge >= 0.3 is 0 Å². The maximum Gasteiger partial charge on any atom is 0.148 e. The third kappa shape index (κ3) is 3.02. The first-order valence-corrected chi connectivity index (χ1v) is 8.27. The number of rotatable bonds is 5. The van der Waals surface area contributed by atoms with Crippen molar-refractivity contribution in [2.24, 2.45) is 0 Å². The van der Waals surface area contributed by atoms with E-state index in [4.69, 9.17) is 9.72 Å². The summed E-state index contributed by atoms with van der Waals surface area (Å²) in [4.78, 5) is 4.73. The van der Waals surface area contributed by atoms with Gasteiger partial charge in [-0.2, -0.15) is 0 Å². The van der Waals surface area contributed by atoms with E-state index in [9.17, 15) is 5.11 Å². The van der Waals surface area contributed by atoms with Crippen molar-refractivity contribution in [1.29, 1.82) is 0 Å². The van der Waals surface area contributed by atoms with Crippen LogP contribution in [0.25, 0.3) is 11.0 Å². The molecule has 4 nitrogen and oxygen atoms in total. The maximum absolute atomic E-state index is 9.43. The van der Waals surface area contributed by atoms with Gasteiger partial charge in [0.05, 0.1) is 17.6 Å². The second-order valence-corrected chi connectivity index (χ2v) is 6.34. The Morgan fingerprint density at radius 1 is 1.00 bits per heavy atom. The lowest BCUT2D eigenvalue weighted by Crippen LogP contribution is -2.10. The summed E-state index contributed by atoms with van der Waals surface area (Å²) in [5, 5.41) is 9.43. The van der Waals surface area contributed by atoms with Crippen LogP contribution in [0.2, 0.25) is 0 Å². The molecule has 126 valence electrons. The molecule has 0 saturated carbocycles. The second-order valence-electron chi connectivity index (χ2n) is 6.34. The lowest BCUT2D eigenvalue weighted by Gasteiger charge is -2.13. The summed E-state index contributed by atoms with van der Waals surface area (Å²) in [5.41, 5.74) is 6.68. The highest BCUT2D eigenvalue weighted by molar-refractivity contribution is 5.78. The minimum Gasteiger partial charge on any atom is -0.485 e. The van der Waals surface area contributed by atoms with Crippen molar-refractivity contribution < 1.29 is 9.84 Å². The van der Waals surface area contributed by atoms with Gasteiger partial charge in [-0.05, 0) is 62.1 Å². The van der Waals surface area contributed by atoms with Crippen LogP contribution in [0.3, 0.4) is 0 Å². The molecule has 0 amide bonds. The van der Waals surface area contributed by atoms with Gasteiger partial charge in [0.15, 0.2) is 0 Å². The molecule has 1 N–H and O–H groups in total. The Balaban J connectivity index is 1.98. The van der Waals surface area contributed by atoms with Crippen LogP contribution >= 0.6 is 0 Å². The van der Waals surface area contributed by atoms with E-state index in [0.717, 1.165) is 33.7 Å². The first kappa shape index (κ1) is 16.5. The Morgan fingerprint density at radius 3 is 2.33 bits per heavy atom. The predicted octanol–water partition coefficient (Wildman–Crippen LogP) is 3.84. The van der Waals surface area contributed by atoms with Gasteiger partial charge in [0.25, 0.3) is 0 Å². The highest BCUT2D eigenvalue weighted by Gasteiger charge is 2.13. The van der Waals surface area contributed by atoms with Crippen molar-refractivity contribution in [3.05, 3.63) is 58.4 Å². The number of hydrogen-bond acceptors (Lipinski definition) is 3. The Bertz CT molecular complexity index is 861. The molecule has 0 bridgehead atoms. The van der Waals surface area contributed by atoms with E-state index < -0.39 is 0 Å². The quantitative estimate of drug-likeness (QED) is 0.775. The third-order valence-corrected chi connectivity index (χ3v) is 4.52. The Kier molecular flexibility index (Phi) is 4.58. The Morgan fingerprint density at radius 2 is 1.67 bits per heavy atom. The van der Waals surface area contributed by atoms with Crippen LogP contribution in [0.4, 0.5) is 0 Å². The zero-order chi connectivity index (χ0) is 17.3. The van der Waals surface area contributed by atoms with Crippen molar-refractivity contribution >= 4 is 11.0 Å². The number of fused-ring (bicyclic) bond motifs is 1. The molecule has 24 heavy (non-hydrogen) atoms. The van der Waals surface area contributed by atoms with Gasteiger partial charge in [-0.1, -0.05) is 18.2 Å². The number of hydrogen-bond donors (Lipinski definition) is 1. The van der Waals surface area contributed by atoms with Crippen molar-refractivity contribution in [2.45, 2.75) is 40.8 Å². The molecule has 2 aromatic carbocycles. The predicted molar refractivity (Wildman–Crippen MR) is 96.5 cm³/mol. The Hall–Kier alpha value is -2.33. The van der Waals surface area contributed by atoms with Crippen molar-refractivity contribution in [2.75, 3.05) is 6.61 Å². The van der Waals surface area contributed by atoms with Crippen LogP contribution in [-0.2, 0) is 13.2 Å². The molecule has 3 rings (SSSR count). The third-order valence-electron chi connectivity index (χ3n) is 4.52. The highest BCUT2D eigenvalue weighted by Crippen LogP contribution is 2.25. The SMILES string of the molecule is Cc1cc2nc(COc3c(C)cccc3C)n(CCO)c2cc1C. The molecule has 0 aliphatic rings. The number of aliphatic hydroxyl groups excluding tert-OH is 1. The topological polar surface area (TPSA) is 47.3 Å². The molecule has 3 aromatic rings. The molecular weight excluding hydrogens is 300 g/mol. The molecule has 0 atom stereocenters. The molecule has 1 heterocycles. The van der Waals surface area contributed by atoms with E-state index in [0.29, 0.717) is 13.2 Å². The fourth-order valence-corrected chi connectivity index (χ4v) is 3.05. The lowest BCUT2D eigenvalue weighted by atomic mass is 10.1. The van der Waals surface area contributed by atoms with Crippen LogP contribution < -0.4 is 4.74 Å². The summed E-state index contributed by atoms with van der Waals surface area (Å²) in [6.45, 7) is 9.26. The number of para-hydroxylation sites is 1. The standard InChI is InChI=1S/C20H24N2O2/c1-13-6-5-7-14(2)20(13)24-12-19-21-17-10-15(3)16(4)11-18(17)22(19)8-9-23/h5-7,10-11,23H,8-9,12H2,1-4H3. The largest absolute Gasteiger partial charge is 0.485 e. The molecule has 0 aliphatic carbocycles. The molecule has 0 saturated heterocycles. The average molecular weight is 324 g/mol. The fraction of sp³-hybridized carbons (Fsp3) is 0.350. The van der Waals surface area contributed by atoms with Crippen LogP contribution in [0.5, 0.6) is 5.75 Å². The minimum atomic E-state index is 0.0782. The average Bonchev–Trinajstić information content (AvgIpc) is 2.85. The summed E-state index contributed by atoms with van der Waals surface area (Å²) in [7, 11) is 0. The number of aliphatic hydroxyl groups is 1. The highest BCUT2D eigenvalue weighted by atomic mass is 16.5. The fourth-order valence-electron chi connectivity index (χ4n) is 3.05.